The Morgan fingerprint density at radius 1 is 1.06 bits per heavy atom. The number of halogens is 1. The summed E-state index contributed by atoms with van der Waals surface area (Å²) < 4.78 is 32.5. The number of hydrogen-bond acceptors (Lipinski definition) is 5. The molecule has 0 bridgehead atoms. The zero-order valence-electron chi connectivity index (χ0n) is 16.6. The molecule has 0 fully saturated rings. The second-order valence-electron chi connectivity index (χ2n) is 6.37. The fourth-order valence-electron chi connectivity index (χ4n) is 2.71. The first kappa shape index (κ1) is 22.3. The number of methoxy groups -OCH3 is 1. The van der Waals surface area contributed by atoms with Crippen molar-refractivity contribution in [1.82, 2.24) is 5.43 Å². The third-order valence-electron chi connectivity index (χ3n) is 4.23. The molecule has 31 heavy (non-hydrogen) atoms. The summed E-state index contributed by atoms with van der Waals surface area (Å²) >= 11 is 5.93. The Kier molecular flexibility index (Phi) is 7.28. The number of nitrogens with one attached hydrogen (secondary N) is 1. The summed E-state index contributed by atoms with van der Waals surface area (Å²) in [6, 6.07) is 21.2. The van der Waals surface area contributed by atoms with Gasteiger partial charge in [-0.25, -0.2) is 13.8 Å². The molecule has 0 aromatic heterocycles. The highest BCUT2D eigenvalue weighted by Crippen LogP contribution is 2.25. The van der Waals surface area contributed by atoms with E-state index in [1.54, 1.807) is 61.7 Å². The molecular weight excluding hydrogens is 438 g/mol. The van der Waals surface area contributed by atoms with Crippen LogP contribution in [-0.2, 0) is 14.8 Å². The molecule has 0 unspecified atom stereocenters. The molecule has 0 heterocycles. The molecule has 0 spiro atoms. The van der Waals surface area contributed by atoms with Crippen LogP contribution in [0.5, 0.6) is 5.75 Å². The molecule has 3 aromatic carbocycles. The number of carbonyl (C=O) groups is 1. The Morgan fingerprint density at radius 3 is 2.45 bits per heavy atom. The maximum Gasteiger partial charge on any atom is 0.264 e. The molecule has 0 atom stereocenters. The minimum Gasteiger partial charge on any atom is -0.497 e. The Morgan fingerprint density at radius 2 is 1.77 bits per heavy atom. The van der Waals surface area contributed by atoms with E-state index in [0.29, 0.717) is 22.0 Å². The predicted octanol–water partition coefficient (Wildman–Crippen LogP) is 3.69. The van der Waals surface area contributed by atoms with E-state index in [9.17, 15) is 13.2 Å². The van der Waals surface area contributed by atoms with E-state index in [-0.39, 0.29) is 4.90 Å². The van der Waals surface area contributed by atoms with Gasteiger partial charge in [-0.2, -0.15) is 5.10 Å². The van der Waals surface area contributed by atoms with Crippen LogP contribution in [0.25, 0.3) is 0 Å². The largest absolute Gasteiger partial charge is 0.497 e. The van der Waals surface area contributed by atoms with Gasteiger partial charge in [-0.3, -0.25) is 9.10 Å². The van der Waals surface area contributed by atoms with Crippen molar-refractivity contribution in [1.29, 1.82) is 0 Å². The van der Waals surface area contributed by atoms with Crippen LogP contribution in [0.15, 0.2) is 88.9 Å². The first-order chi connectivity index (χ1) is 14.9. The van der Waals surface area contributed by atoms with Crippen LogP contribution in [0.3, 0.4) is 0 Å². The van der Waals surface area contributed by atoms with Crippen LogP contribution in [0, 0.1) is 0 Å². The molecule has 3 aromatic rings. The molecule has 1 N–H and O–H groups in total. The number of benzene rings is 3. The van der Waals surface area contributed by atoms with Gasteiger partial charge in [0.1, 0.15) is 12.3 Å². The molecule has 9 heteroatoms. The van der Waals surface area contributed by atoms with Gasteiger partial charge in [-0.1, -0.05) is 41.9 Å². The number of hydrazone groups is 1. The minimum atomic E-state index is -3.99. The highest BCUT2D eigenvalue weighted by atomic mass is 35.5. The lowest BCUT2D eigenvalue weighted by molar-refractivity contribution is -0.119. The molecular formula is C22H20ClN3O4S. The molecule has 7 nitrogen and oxygen atoms in total. The van der Waals surface area contributed by atoms with Gasteiger partial charge in [0.05, 0.1) is 23.9 Å². The Hall–Kier alpha value is -3.36. The average Bonchev–Trinajstić information content (AvgIpc) is 2.79. The van der Waals surface area contributed by atoms with Crippen LogP contribution in [0.4, 0.5) is 5.69 Å². The number of hydrogen-bond donors (Lipinski definition) is 1. The van der Waals surface area contributed by atoms with Gasteiger partial charge in [0, 0.05) is 5.02 Å². The zero-order chi connectivity index (χ0) is 22.3. The van der Waals surface area contributed by atoms with E-state index in [1.807, 2.05) is 0 Å². The molecule has 3 rings (SSSR count). The summed E-state index contributed by atoms with van der Waals surface area (Å²) in [7, 11) is -2.44. The van der Waals surface area contributed by atoms with Crippen molar-refractivity contribution >= 4 is 39.4 Å². The average molecular weight is 458 g/mol. The summed E-state index contributed by atoms with van der Waals surface area (Å²) in [6.45, 7) is -0.464. The van der Waals surface area contributed by atoms with Crippen molar-refractivity contribution < 1.29 is 17.9 Å². The highest BCUT2D eigenvalue weighted by Gasteiger charge is 2.27. The molecule has 0 aliphatic rings. The zero-order valence-corrected chi connectivity index (χ0v) is 18.2. The molecule has 0 aliphatic heterocycles. The van der Waals surface area contributed by atoms with Crippen molar-refractivity contribution in [3.8, 4) is 5.75 Å². The van der Waals surface area contributed by atoms with Crippen molar-refractivity contribution in [3.63, 3.8) is 0 Å². The van der Waals surface area contributed by atoms with Crippen molar-refractivity contribution in [3.05, 3.63) is 89.4 Å². The van der Waals surface area contributed by atoms with Crippen molar-refractivity contribution in [2.24, 2.45) is 5.10 Å². The third kappa shape index (κ3) is 5.84. The van der Waals surface area contributed by atoms with Gasteiger partial charge in [0.2, 0.25) is 0 Å². The van der Waals surface area contributed by atoms with Crippen LogP contribution >= 0.6 is 11.6 Å². The Labute approximate surface area is 186 Å². The van der Waals surface area contributed by atoms with E-state index >= 15 is 0 Å². The maximum absolute atomic E-state index is 13.2. The number of sulfonamides is 1. The normalized spacial score (nSPS) is 11.3. The number of nitrogens with zero attached hydrogens (tertiary/aromatic N) is 2. The lowest BCUT2D eigenvalue weighted by atomic mass is 10.2. The fraction of sp³-hybridized carbons (Fsp3) is 0.0909. The number of amides is 1. The highest BCUT2D eigenvalue weighted by molar-refractivity contribution is 7.92. The standard InChI is InChI=1S/C22H20ClN3O4S/c1-30-20-7-5-6-17(14-20)15-24-25-22(27)16-26(19-12-10-18(23)11-13-19)31(28,29)21-8-3-2-4-9-21/h2-15H,16H2,1H3,(H,25,27)/b24-15-. The summed E-state index contributed by atoms with van der Waals surface area (Å²) in [4.78, 5) is 12.6. The van der Waals surface area contributed by atoms with Crippen LogP contribution < -0.4 is 14.5 Å². The molecule has 1 amide bonds. The summed E-state index contributed by atoms with van der Waals surface area (Å²) in [6.07, 6.45) is 1.44. The summed E-state index contributed by atoms with van der Waals surface area (Å²) in [5.74, 6) is 0.0479. The van der Waals surface area contributed by atoms with Gasteiger partial charge in [-0.05, 0) is 54.1 Å². The second-order valence-corrected chi connectivity index (χ2v) is 8.67. The molecule has 0 saturated heterocycles. The van der Waals surface area contributed by atoms with Gasteiger partial charge < -0.3 is 4.74 Å². The fourth-order valence-corrected chi connectivity index (χ4v) is 4.28. The summed E-state index contributed by atoms with van der Waals surface area (Å²) in [5, 5.41) is 4.36. The topological polar surface area (TPSA) is 88.1 Å². The lowest BCUT2D eigenvalue weighted by Gasteiger charge is -2.23. The maximum atomic E-state index is 13.2. The SMILES string of the molecule is COc1cccc(/C=N\NC(=O)CN(c2ccc(Cl)cc2)S(=O)(=O)c2ccccc2)c1. The predicted molar refractivity (Wildman–Crippen MR) is 121 cm³/mol. The van der Waals surface area contributed by atoms with Gasteiger partial charge in [0.25, 0.3) is 15.9 Å². The number of anilines is 1. The van der Waals surface area contributed by atoms with E-state index < -0.39 is 22.5 Å². The number of carbonyl (C=O) groups excluding carboxylic acids is 1. The van der Waals surface area contributed by atoms with Crippen molar-refractivity contribution in [2.75, 3.05) is 18.0 Å². The van der Waals surface area contributed by atoms with Gasteiger partial charge in [-0.15, -0.1) is 0 Å². The first-order valence-electron chi connectivity index (χ1n) is 9.19. The van der Waals surface area contributed by atoms with E-state index in [1.165, 1.54) is 30.5 Å². The molecule has 0 aliphatic carbocycles. The van der Waals surface area contributed by atoms with Gasteiger partial charge >= 0.3 is 0 Å². The lowest BCUT2D eigenvalue weighted by Crippen LogP contribution is -2.39. The van der Waals surface area contributed by atoms with Gasteiger partial charge in [0.15, 0.2) is 0 Å². The van der Waals surface area contributed by atoms with Crippen molar-refractivity contribution in [2.45, 2.75) is 4.90 Å². The Bertz CT molecular complexity index is 1170. The van der Waals surface area contributed by atoms with E-state index in [0.717, 1.165) is 4.31 Å². The van der Waals surface area contributed by atoms with Crippen LogP contribution in [0.1, 0.15) is 5.56 Å². The quantitative estimate of drug-likeness (QED) is 0.412. The minimum absolute atomic E-state index is 0.0673. The third-order valence-corrected chi connectivity index (χ3v) is 6.27. The number of ether oxygens (including phenoxy) is 1. The molecule has 0 radical (unpaired) electrons. The monoisotopic (exact) mass is 457 g/mol. The molecule has 160 valence electrons. The second kappa shape index (κ2) is 10.1. The van der Waals surface area contributed by atoms with Crippen LogP contribution in [0.2, 0.25) is 5.02 Å². The summed E-state index contributed by atoms with van der Waals surface area (Å²) in [5.41, 5.74) is 3.38. The molecule has 0 saturated carbocycles. The first-order valence-corrected chi connectivity index (χ1v) is 11.0. The number of rotatable bonds is 8. The van der Waals surface area contributed by atoms with E-state index in [2.05, 4.69) is 10.5 Å². The van der Waals surface area contributed by atoms with E-state index in [4.69, 9.17) is 16.3 Å². The smallest absolute Gasteiger partial charge is 0.264 e. The van der Waals surface area contributed by atoms with Crippen LogP contribution in [-0.4, -0.2) is 34.2 Å². The Balaban J connectivity index is 1.80.